The number of carboxylic acids is 1. The van der Waals surface area contributed by atoms with Crippen LogP contribution in [0.1, 0.15) is 93.7 Å². The van der Waals surface area contributed by atoms with Crippen molar-refractivity contribution in [1.82, 2.24) is 4.90 Å². The molecule has 0 bridgehead atoms. The fraction of sp³-hybridized carbons (Fsp3) is 0.429. The summed E-state index contributed by atoms with van der Waals surface area (Å²) in [6.07, 6.45) is 0.178. The first-order chi connectivity index (χ1) is 19.7. The third-order valence-electron chi connectivity index (χ3n) is 8.80. The molecule has 0 radical (unpaired) electrons. The van der Waals surface area contributed by atoms with Gasteiger partial charge in [-0.1, -0.05) is 12.1 Å². The Morgan fingerprint density at radius 2 is 1.64 bits per heavy atom. The van der Waals surface area contributed by atoms with Crippen molar-refractivity contribution < 1.29 is 28.6 Å². The number of hydrogen-bond donors (Lipinski definition) is 1. The van der Waals surface area contributed by atoms with Gasteiger partial charge in [0.2, 0.25) is 0 Å². The van der Waals surface area contributed by atoms with Crippen molar-refractivity contribution in [1.29, 1.82) is 0 Å². The standard InChI is InChI=1S/C35H40FNO5/c1-18-11-9-12-24(19(18)2)33(38)37-16-26-21(4)29(25-15-28(36)31-23(20(25)3)13-10-14-41-31)30(22(5)27(26)17-37)32(34(39)40)42-35(6,7)8/h9,11-12,15,32H,10,13-14,16-17H2,1-8H3,(H,39,40)/t32-/m0/s1. The summed E-state index contributed by atoms with van der Waals surface area (Å²) < 4.78 is 27.5. The first-order valence-corrected chi connectivity index (χ1v) is 14.6. The number of carbonyl (C=O) groups excluding carboxylic acids is 1. The second-order valence-electron chi connectivity index (χ2n) is 12.6. The van der Waals surface area contributed by atoms with Crippen LogP contribution in [0.3, 0.4) is 0 Å². The molecule has 5 rings (SSSR count). The average molecular weight is 574 g/mol. The van der Waals surface area contributed by atoms with Crippen LogP contribution in [0.25, 0.3) is 11.1 Å². The molecular formula is C35H40FNO5. The van der Waals surface area contributed by atoms with Crippen LogP contribution in [0.2, 0.25) is 0 Å². The van der Waals surface area contributed by atoms with Gasteiger partial charge >= 0.3 is 5.97 Å². The molecule has 0 fully saturated rings. The van der Waals surface area contributed by atoms with Crippen LogP contribution in [0.15, 0.2) is 24.3 Å². The molecular weight excluding hydrogens is 533 g/mol. The van der Waals surface area contributed by atoms with E-state index in [9.17, 15) is 14.7 Å². The van der Waals surface area contributed by atoms with Crippen LogP contribution in [-0.4, -0.2) is 34.1 Å². The van der Waals surface area contributed by atoms with Gasteiger partial charge in [0, 0.05) is 29.8 Å². The van der Waals surface area contributed by atoms with E-state index in [1.165, 1.54) is 6.07 Å². The quantitative estimate of drug-likeness (QED) is 0.343. The molecule has 0 saturated heterocycles. The number of benzene rings is 3. The summed E-state index contributed by atoms with van der Waals surface area (Å²) in [6.45, 7) is 16.4. The van der Waals surface area contributed by atoms with Crippen molar-refractivity contribution in [3.8, 4) is 16.9 Å². The van der Waals surface area contributed by atoms with E-state index in [1.54, 1.807) is 0 Å². The van der Waals surface area contributed by atoms with Gasteiger partial charge in [-0.25, -0.2) is 9.18 Å². The van der Waals surface area contributed by atoms with Crippen molar-refractivity contribution in [2.75, 3.05) is 6.61 Å². The summed E-state index contributed by atoms with van der Waals surface area (Å²) in [5, 5.41) is 10.5. The van der Waals surface area contributed by atoms with Gasteiger partial charge in [0.05, 0.1) is 12.2 Å². The zero-order chi connectivity index (χ0) is 30.7. The van der Waals surface area contributed by atoms with E-state index >= 15 is 4.39 Å². The molecule has 42 heavy (non-hydrogen) atoms. The number of fused-ring (bicyclic) bond motifs is 2. The maximum atomic E-state index is 15.6. The van der Waals surface area contributed by atoms with E-state index in [-0.39, 0.29) is 11.7 Å². The summed E-state index contributed by atoms with van der Waals surface area (Å²) >= 11 is 0. The summed E-state index contributed by atoms with van der Waals surface area (Å²) in [7, 11) is 0. The van der Waals surface area contributed by atoms with E-state index in [2.05, 4.69) is 0 Å². The SMILES string of the molecule is Cc1cccc(C(=O)N2Cc3c(C)c(-c4cc(F)c5c(c4C)CCCO5)c([C@H](OC(C)(C)C)C(=O)O)c(C)c3C2)c1C. The fourth-order valence-electron chi connectivity index (χ4n) is 6.50. The maximum Gasteiger partial charge on any atom is 0.337 e. The summed E-state index contributed by atoms with van der Waals surface area (Å²) in [5.41, 5.74) is 8.88. The monoisotopic (exact) mass is 573 g/mol. The fourth-order valence-corrected chi connectivity index (χ4v) is 6.50. The number of hydrogen-bond acceptors (Lipinski definition) is 4. The third-order valence-corrected chi connectivity index (χ3v) is 8.80. The van der Waals surface area contributed by atoms with Crippen LogP contribution >= 0.6 is 0 Å². The molecule has 0 aliphatic carbocycles. The predicted octanol–water partition coefficient (Wildman–Crippen LogP) is 7.46. The average Bonchev–Trinajstić information content (AvgIpc) is 3.39. The van der Waals surface area contributed by atoms with Gasteiger partial charge in [-0.05, 0) is 130 Å². The van der Waals surface area contributed by atoms with Crippen molar-refractivity contribution in [3.05, 3.63) is 85.7 Å². The molecule has 0 aromatic heterocycles. The van der Waals surface area contributed by atoms with Crippen molar-refractivity contribution in [2.45, 2.75) is 93.0 Å². The van der Waals surface area contributed by atoms with E-state index in [0.29, 0.717) is 48.4 Å². The van der Waals surface area contributed by atoms with Gasteiger partial charge in [-0.15, -0.1) is 0 Å². The van der Waals surface area contributed by atoms with Gasteiger partial charge in [-0.2, -0.15) is 0 Å². The highest BCUT2D eigenvalue weighted by Gasteiger charge is 2.37. The Labute approximate surface area is 247 Å². The Hall–Kier alpha value is -3.71. The number of carbonyl (C=O) groups is 2. The van der Waals surface area contributed by atoms with Gasteiger partial charge in [0.1, 0.15) is 0 Å². The van der Waals surface area contributed by atoms with E-state index in [0.717, 1.165) is 50.9 Å². The number of aliphatic carboxylic acids is 1. The van der Waals surface area contributed by atoms with Gasteiger partial charge in [0.15, 0.2) is 17.7 Å². The number of aryl methyl sites for hydroxylation is 1. The number of nitrogens with zero attached hydrogens (tertiary/aromatic N) is 1. The van der Waals surface area contributed by atoms with Gasteiger partial charge in [0.25, 0.3) is 5.91 Å². The van der Waals surface area contributed by atoms with Crippen molar-refractivity contribution >= 4 is 11.9 Å². The Kier molecular flexibility index (Phi) is 7.69. The summed E-state index contributed by atoms with van der Waals surface area (Å²) in [5.74, 6) is -1.35. The van der Waals surface area contributed by atoms with E-state index in [4.69, 9.17) is 9.47 Å². The summed E-state index contributed by atoms with van der Waals surface area (Å²) in [4.78, 5) is 28.5. The molecule has 1 atom stereocenters. The maximum absolute atomic E-state index is 15.6. The lowest BCUT2D eigenvalue weighted by molar-refractivity contribution is -0.160. The second-order valence-corrected chi connectivity index (χ2v) is 12.6. The molecule has 7 heteroatoms. The molecule has 3 aromatic carbocycles. The minimum absolute atomic E-state index is 0.0665. The Morgan fingerprint density at radius 1 is 0.976 bits per heavy atom. The predicted molar refractivity (Wildman–Crippen MR) is 161 cm³/mol. The van der Waals surface area contributed by atoms with Crippen LogP contribution in [0.5, 0.6) is 5.75 Å². The molecule has 1 N–H and O–H groups in total. The molecule has 0 unspecified atom stereocenters. The van der Waals surface area contributed by atoms with E-state index in [1.807, 2.05) is 78.5 Å². The molecule has 0 spiro atoms. The van der Waals surface area contributed by atoms with Crippen LogP contribution < -0.4 is 4.74 Å². The minimum Gasteiger partial charge on any atom is -0.490 e. The molecule has 2 heterocycles. The Bertz CT molecular complexity index is 1620. The summed E-state index contributed by atoms with van der Waals surface area (Å²) in [6, 6.07) is 7.21. The zero-order valence-corrected chi connectivity index (χ0v) is 25.8. The highest BCUT2D eigenvalue weighted by Crippen LogP contribution is 2.47. The lowest BCUT2D eigenvalue weighted by atomic mass is 9.81. The number of ether oxygens (including phenoxy) is 2. The van der Waals surface area contributed by atoms with E-state index < -0.39 is 23.5 Å². The Balaban J connectivity index is 1.74. The zero-order valence-electron chi connectivity index (χ0n) is 25.8. The van der Waals surface area contributed by atoms with Crippen LogP contribution in [0, 0.1) is 40.4 Å². The van der Waals surface area contributed by atoms with Crippen LogP contribution in [-0.2, 0) is 29.0 Å². The Morgan fingerprint density at radius 3 is 2.29 bits per heavy atom. The minimum atomic E-state index is -1.29. The van der Waals surface area contributed by atoms with Crippen LogP contribution in [0.4, 0.5) is 4.39 Å². The second kappa shape index (κ2) is 10.8. The highest BCUT2D eigenvalue weighted by molar-refractivity contribution is 5.96. The first-order valence-electron chi connectivity index (χ1n) is 14.6. The van der Waals surface area contributed by atoms with Gasteiger partial charge in [-0.3, -0.25) is 4.79 Å². The van der Waals surface area contributed by atoms with Crippen molar-refractivity contribution in [2.24, 2.45) is 0 Å². The number of amides is 1. The molecule has 2 aliphatic rings. The number of carboxylic acid groups (broad SMARTS) is 1. The number of rotatable bonds is 5. The first kappa shape index (κ1) is 29.8. The third kappa shape index (κ3) is 5.08. The molecule has 2 aliphatic heterocycles. The molecule has 1 amide bonds. The van der Waals surface area contributed by atoms with Gasteiger partial charge < -0.3 is 19.5 Å². The lowest BCUT2D eigenvalue weighted by Gasteiger charge is -2.31. The smallest absolute Gasteiger partial charge is 0.337 e. The molecule has 0 saturated carbocycles. The van der Waals surface area contributed by atoms with Crippen molar-refractivity contribution in [3.63, 3.8) is 0 Å². The topological polar surface area (TPSA) is 76.1 Å². The molecule has 6 nitrogen and oxygen atoms in total. The largest absolute Gasteiger partial charge is 0.490 e. The number of halogens is 1. The molecule has 3 aromatic rings. The molecule has 222 valence electrons. The lowest BCUT2D eigenvalue weighted by Crippen LogP contribution is -2.29. The normalized spacial score (nSPS) is 15.2. The highest BCUT2D eigenvalue weighted by atomic mass is 19.1.